The summed E-state index contributed by atoms with van der Waals surface area (Å²) in [6.07, 6.45) is 3.52. The molecule has 0 radical (unpaired) electrons. The number of carbonyl (C=O) groups excluding carboxylic acids is 1. The summed E-state index contributed by atoms with van der Waals surface area (Å²) < 4.78 is 10.7. The standard InChI is InChI=1S/C22H25N3O3S/c1-14(2)25(13-16-7-6-10-23-12-16)22(26)20-15(3)24-21(29-20)17-8-9-18(27-4)19(11-17)28-5/h6-12,14H,13H2,1-5H3. The van der Waals surface area contributed by atoms with Gasteiger partial charge in [0.1, 0.15) is 9.88 Å². The van der Waals surface area contributed by atoms with Crippen LogP contribution in [0.4, 0.5) is 0 Å². The highest BCUT2D eigenvalue weighted by molar-refractivity contribution is 7.17. The van der Waals surface area contributed by atoms with Crippen molar-refractivity contribution in [2.45, 2.75) is 33.4 Å². The fraction of sp³-hybridized carbons (Fsp3) is 0.318. The van der Waals surface area contributed by atoms with Gasteiger partial charge in [-0.3, -0.25) is 9.78 Å². The molecule has 0 unspecified atom stereocenters. The lowest BCUT2D eigenvalue weighted by Gasteiger charge is -2.26. The van der Waals surface area contributed by atoms with Crippen LogP contribution in [0, 0.1) is 6.92 Å². The Hall–Kier alpha value is -2.93. The Balaban J connectivity index is 1.91. The molecule has 0 aliphatic rings. The molecule has 0 N–H and O–H groups in total. The van der Waals surface area contributed by atoms with Gasteiger partial charge < -0.3 is 14.4 Å². The van der Waals surface area contributed by atoms with Crippen LogP contribution in [-0.2, 0) is 6.54 Å². The monoisotopic (exact) mass is 411 g/mol. The van der Waals surface area contributed by atoms with Gasteiger partial charge in [0.25, 0.3) is 5.91 Å². The quantitative estimate of drug-likeness (QED) is 0.569. The van der Waals surface area contributed by atoms with Crippen LogP contribution < -0.4 is 9.47 Å². The number of amides is 1. The first-order valence-corrected chi connectivity index (χ1v) is 10.2. The van der Waals surface area contributed by atoms with Crippen LogP contribution in [0.5, 0.6) is 11.5 Å². The Morgan fingerprint density at radius 1 is 1.17 bits per heavy atom. The van der Waals surface area contributed by atoms with Gasteiger partial charge in [-0.15, -0.1) is 11.3 Å². The van der Waals surface area contributed by atoms with E-state index in [1.165, 1.54) is 11.3 Å². The summed E-state index contributed by atoms with van der Waals surface area (Å²) in [6, 6.07) is 9.55. The molecule has 0 atom stereocenters. The molecule has 0 aliphatic heterocycles. The Bertz CT molecular complexity index is 986. The molecule has 152 valence electrons. The average molecular weight is 412 g/mol. The van der Waals surface area contributed by atoms with Gasteiger partial charge in [0.2, 0.25) is 0 Å². The first-order valence-electron chi connectivity index (χ1n) is 9.34. The van der Waals surface area contributed by atoms with E-state index in [2.05, 4.69) is 9.97 Å². The largest absolute Gasteiger partial charge is 0.493 e. The molecule has 0 saturated carbocycles. The summed E-state index contributed by atoms with van der Waals surface area (Å²) in [5.74, 6) is 1.26. The first-order chi connectivity index (χ1) is 13.9. The Morgan fingerprint density at radius 2 is 1.93 bits per heavy atom. The van der Waals surface area contributed by atoms with Crippen LogP contribution >= 0.6 is 11.3 Å². The van der Waals surface area contributed by atoms with Crippen molar-refractivity contribution in [3.05, 3.63) is 58.9 Å². The molecule has 7 heteroatoms. The number of aryl methyl sites for hydroxylation is 1. The van der Waals surface area contributed by atoms with E-state index in [9.17, 15) is 4.79 Å². The second-order valence-corrected chi connectivity index (χ2v) is 7.89. The maximum Gasteiger partial charge on any atom is 0.266 e. The molecule has 0 aliphatic carbocycles. The number of pyridine rings is 1. The molecular formula is C22H25N3O3S. The zero-order chi connectivity index (χ0) is 21.0. The Kier molecular flexibility index (Phi) is 6.49. The fourth-order valence-corrected chi connectivity index (χ4v) is 4.01. The first kappa shape index (κ1) is 20.8. The lowest BCUT2D eigenvalue weighted by Crippen LogP contribution is -2.36. The van der Waals surface area contributed by atoms with E-state index < -0.39 is 0 Å². The molecular weight excluding hydrogens is 386 g/mol. The van der Waals surface area contributed by atoms with E-state index >= 15 is 0 Å². The van der Waals surface area contributed by atoms with E-state index in [4.69, 9.17) is 9.47 Å². The third-order valence-electron chi connectivity index (χ3n) is 4.58. The van der Waals surface area contributed by atoms with Crippen LogP contribution in [0.3, 0.4) is 0 Å². The molecule has 1 aromatic carbocycles. The highest BCUT2D eigenvalue weighted by atomic mass is 32.1. The minimum atomic E-state index is -0.0226. The van der Waals surface area contributed by atoms with E-state index in [0.717, 1.165) is 21.8 Å². The smallest absolute Gasteiger partial charge is 0.266 e. The summed E-state index contributed by atoms with van der Waals surface area (Å²) in [6.45, 7) is 6.41. The molecule has 3 aromatic rings. The Labute approximate surface area is 175 Å². The predicted octanol–water partition coefficient (Wildman–Crippen LogP) is 4.58. The maximum absolute atomic E-state index is 13.3. The van der Waals surface area contributed by atoms with Gasteiger partial charge in [-0.25, -0.2) is 4.98 Å². The van der Waals surface area contributed by atoms with Gasteiger partial charge >= 0.3 is 0 Å². The highest BCUT2D eigenvalue weighted by Gasteiger charge is 2.24. The molecule has 0 bridgehead atoms. The van der Waals surface area contributed by atoms with E-state index in [1.54, 1.807) is 26.6 Å². The summed E-state index contributed by atoms with van der Waals surface area (Å²) in [7, 11) is 3.20. The van der Waals surface area contributed by atoms with Crippen molar-refractivity contribution < 1.29 is 14.3 Å². The van der Waals surface area contributed by atoms with Crippen LogP contribution in [-0.4, -0.2) is 41.0 Å². The third kappa shape index (κ3) is 4.56. The number of benzene rings is 1. The van der Waals surface area contributed by atoms with Crippen LogP contribution in [0.2, 0.25) is 0 Å². The number of rotatable bonds is 7. The van der Waals surface area contributed by atoms with Crippen molar-refractivity contribution in [3.8, 4) is 22.1 Å². The normalized spacial score (nSPS) is 10.8. The van der Waals surface area contributed by atoms with Crippen LogP contribution in [0.1, 0.15) is 34.8 Å². The molecule has 29 heavy (non-hydrogen) atoms. The molecule has 0 saturated heterocycles. The number of ether oxygens (including phenoxy) is 2. The fourth-order valence-electron chi connectivity index (χ4n) is 3.00. The maximum atomic E-state index is 13.3. The average Bonchev–Trinajstić information content (AvgIpc) is 3.13. The molecule has 1 amide bonds. The van der Waals surface area contributed by atoms with Crippen molar-refractivity contribution in [1.29, 1.82) is 0 Å². The number of nitrogens with zero attached hydrogens (tertiary/aromatic N) is 3. The molecule has 2 aromatic heterocycles. The van der Waals surface area contributed by atoms with E-state index in [1.807, 2.05) is 56.0 Å². The molecule has 2 heterocycles. The van der Waals surface area contributed by atoms with Gasteiger partial charge in [-0.1, -0.05) is 6.07 Å². The van der Waals surface area contributed by atoms with Crippen molar-refractivity contribution >= 4 is 17.2 Å². The number of hydrogen-bond donors (Lipinski definition) is 0. The van der Waals surface area contributed by atoms with Crippen molar-refractivity contribution in [1.82, 2.24) is 14.9 Å². The minimum absolute atomic E-state index is 0.0226. The summed E-state index contributed by atoms with van der Waals surface area (Å²) in [5.41, 5.74) is 2.61. The van der Waals surface area contributed by atoms with E-state index in [-0.39, 0.29) is 11.9 Å². The number of thiazole rings is 1. The van der Waals surface area contributed by atoms with Gasteiger partial charge in [0, 0.05) is 30.5 Å². The van der Waals surface area contributed by atoms with Crippen LogP contribution in [0.25, 0.3) is 10.6 Å². The van der Waals surface area contributed by atoms with Gasteiger partial charge in [-0.2, -0.15) is 0 Å². The molecule has 0 fully saturated rings. The number of hydrogen-bond acceptors (Lipinski definition) is 6. The lowest BCUT2D eigenvalue weighted by molar-refractivity contribution is 0.0694. The van der Waals surface area contributed by atoms with Gasteiger partial charge in [0.05, 0.1) is 19.9 Å². The summed E-state index contributed by atoms with van der Waals surface area (Å²) in [5, 5.41) is 0.775. The molecule has 6 nitrogen and oxygen atoms in total. The minimum Gasteiger partial charge on any atom is -0.493 e. The SMILES string of the molecule is COc1ccc(-c2nc(C)c(C(=O)N(Cc3cccnc3)C(C)C)s2)cc1OC. The highest BCUT2D eigenvalue weighted by Crippen LogP contribution is 2.35. The Morgan fingerprint density at radius 3 is 2.55 bits per heavy atom. The van der Waals surface area contributed by atoms with Gasteiger partial charge in [0.15, 0.2) is 11.5 Å². The number of methoxy groups -OCH3 is 2. The zero-order valence-electron chi connectivity index (χ0n) is 17.3. The second-order valence-electron chi connectivity index (χ2n) is 6.89. The predicted molar refractivity (Wildman–Crippen MR) is 115 cm³/mol. The van der Waals surface area contributed by atoms with Crippen molar-refractivity contribution in [2.75, 3.05) is 14.2 Å². The summed E-state index contributed by atoms with van der Waals surface area (Å²) in [4.78, 5) is 24.6. The summed E-state index contributed by atoms with van der Waals surface area (Å²) >= 11 is 1.40. The lowest BCUT2D eigenvalue weighted by atomic mass is 10.2. The third-order valence-corrected chi connectivity index (χ3v) is 5.78. The van der Waals surface area contributed by atoms with Crippen molar-refractivity contribution in [3.63, 3.8) is 0 Å². The molecule has 3 rings (SSSR count). The topological polar surface area (TPSA) is 64.5 Å². The van der Waals surface area contributed by atoms with Crippen LogP contribution in [0.15, 0.2) is 42.7 Å². The van der Waals surface area contributed by atoms with Crippen molar-refractivity contribution in [2.24, 2.45) is 0 Å². The second kappa shape index (κ2) is 9.05. The zero-order valence-corrected chi connectivity index (χ0v) is 18.1. The number of aromatic nitrogens is 2. The number of carbonyl (C=O) groups is 1. The van der Waals surface area contributed by atoms with Gasteiger partial charge in [-0.05, 0) is 50.6 Å². The molecule has 0 spiro atoms. The van der Waals surface area contributed by atoms with E-state index in [0.29, 0.717) is 22.9 Å².